The maximum absolute atomic E-state index is 15.6. The largest absolute Gasteiger partial charge is 0.453 e. The van der Waals surface area contributed by atoms with Crippen LogP contribution in [0.3, 0.4) is 0 Å². The highest BCUT2D eigenvalue weighted by Crippen LogP contribution is 2.44. The summed E-state index contributed by atoms with van der Waals surface area (Å²) in [6.07, 6.45) is 4.84. The van der Waals surface area contributed by atoms with E-state index < -0.39 is 17.5 Å². The van der Waals surface area contributed by atoms with E-state index in [1.54, 1.807) is 6.07 Å². The summed E-state index contributed by atoms with van der Waals surface area (Å²) in [4.78, 5) is 26.9. The number of carbonyl (C=O) groups is 2. The molecule has 212 valence electrons. The highest BCUT2D eigenvalue weighted by Gasteiger charge is 2.44. The molecule has 1 aliphatic heterocycles. The average molecular weight is 540 g/mol. The van der Waals surface area contributed by atoms with Gasteiger partial charge in [0.25, 0.3) is 0 Å². The Morgan fingerprint density at radius 1 is 1.21 bits per heavy atom. The van der Waals surface area contributed by atoms with Crippen LogP contribution in [0.25, 0.3) is 11.1 Å². The van der Waals surface area contributed by atoms with Gasteiger partial charge in [-0.15, -0.1) is 0 Å². The molecule has 0 radical (unpaired) electrons. The first-order chi connectivity index (χ1) is 18.8. The molecular formula is C31H42FN3O4. The van der Waals surface area contributed by atoms with E-state index in [0.717, 1.165) is 36.8 Å². The third-order valence-corrected chi connectivity index (χ3v) is 8.52. The van der Waals surface area contributed by atoms with E-state index in [4.69, 9.17) is 5.73 Å². The summed E-state index contributed by atoms with van der Waals surface area (Å²) in [6, 6.07) is 12.7. The first-order valence-corrected chi connectivity index (χ1v) is 14.2. The fourth-order valence-corrected chi connectivity index (χ4v) is 6.37. The number of halogens is 1. The van der Waals surface area contributed by atoms with Gasteiger partial charge in [0.2, 0.25) is 5.91 Å². The zero-order valence-corrected chi connectivity index (χ0v) is 23.1. The summed E-state index contributed by atoms with van der Waals surface area (Å²) >= 11 is 0. The van der Waals surface area contributed by atoms with Crippen LogP contribution in [-0.4, -0.2) is 54.8 Å². The number of nitrogens with one attached hydrogen (secondary N) is 1. The van der Waals surface area contributed by atoms with Crippen LogP contribution in [0.15, 0.2) is 42.5 Å². The predicted molar refractivity (Wildman–Crippen MR) is 149 cm³/mol. The molecule has 4 atom stereocenters. The monoisotopic (exact) mass is 539 g/mol. The van der Waals surface area contributed by atoms with Crippen molar-refractivity contribution in [1.82, 2.24) is 10.2 Å². The Hall–Kier alpha value is -2.97. The van der Waals surface area contributed by atoms with Gasteiger partial charge in [0.05, 0.1) is 12.7 Å². The van der Waals surface area contributed by atoms with Crippen LogP contribution in [0.2, 0.25) is 0 Å². The zero-order chi connectivity index (χ0) is 28.0. The second-order valence-electron chi connectivity index (χ2n) is 11.1. The molecular weight excluding hydrogens is 497 g/mol. The molecule has 1 aliphatic carbocycles. The Bertz CT molecular complexity index is 1160. The van der Waals surface area contributed by atoms with Gasteiger partial charge >= 0.3 is 6.09 Å². The average Bonchev–Trinajstić information content (AvgIpc) is 3.40. The summed E-state index contributed by atoms with van der Waals surface area (Å²) in [5, 5.41) is 15.2. The lowest BCUT2D eigenvalue weighted by atomic mass is 9.72. The summed E-state index contributed by atoms with van der Waals surface area (Å²) < 4.78 is 20.3. The van der Waals surface area contributed by atoms with Gasteiger partial charge in [-0.3, -0.25) is 4.79 Å². The number of amides is 2. The van der Waals surface area contributed by atoms with Gasteiger partial charge in [-0.25, -0.2) is 9.18 Å². The normalized spacial score (nSPS) is 22.8. The van der Waals surface area contributed by atoms with E-state index in [0.29, 0.717) is 56.4 Å². The molecule has 4 unspecified atom stereocenters. The minimum atomic E-state index is -1.41. The van der Waals surface area contributed by atoms with E-state index >= 15 is 4.39 Å². The van der Waals surface area contributed by atoms with Crippen molar-refractivity contribution in [1.29, 1.82) is 0 Å². The van der Waals surface area contributed by atoms with Gasteiger partial charge in [-0.05, 0) is 74.1 Å². The lowest BCUT2D eigenvalue weighted by molar-refractivity contribution is -0.140. The van der Waals surface area contributed by atoms with E-state index in [1.165, 1.54) is 13.2 Å². The third kappa shape index (κ3) is 6.61. The second-order valence-corrected chi connectivity index (χ2v) is 11.1. The third-order valence-electron chi connectivity index (χ3n) is 8.52. The highest BCUT2D eigenvalue weighted by atomic mass is 19.1. The number of nitrogens with two attached hydrogens (primary N) is 1. The van der Waals surface area contributed by atoms with Gasteiger partial charge in [-0.1, -0.05) is 43.3 Å². The number of benzene rings is 2. The first kappa shape index (κ1) is 29.0. The van der Waals surface area contributed by atoms with E-state index in [9.17, 15) is 14.7 Å². The number of piperidine rings is 1. The van der Waals surface area contributed by atoms with Crippen LogP contribution < -0.4 is 11.1 Å². The number of rotatable bonds is 9. The molecule has 8 heteroatoms. The molecule has 1 saturated carbocycles. The summed E-state index contributed by atoms with van der Waals surface area (Å²) in [5.74, 6) is -0.649. The minimum Gasteiger partial charge on any atom is -0.453 e. The molecule has 0 aromatic heterocycles. The summed E-state index contributed by atoms with van der Waals surface area (Å²) in [7, 11) is 1.31. The van der Waals surface area contributed by atoms with Crippen molar-refractivity contribution in [2.24, 2.45) is 17.6 Å². The summed E-state index contributed by atoms with van der Waals surface area (Å²) in [5.41, 5.74) is 7.39. The maximum Gasteiger partial charge on any atom is 0.406 e. The van der Waals surface area contributed by atoms with Crippen LogP contribution in [0, 0.1) is 17.7 Å². The number of alkyl carbamates (subject to hydrolysis) is 1. The van der Waals surface area contributed by atoms with Crippen LogP contribution in [-0.2, 0) is 21.6 Å². The maximum atomic E-state index is 15.6. The molecule has 2 amide bonds. The Morgan fingerprint density at radius 3 is 2.72 bits per heavy atom. The van der Waals surface area contributed by atoms with Crippen molar-refractivity contribution in [3.63, 3.8) is 0 Å². The van der Waals surface area contributed by atoms with Gasteiger partial charge < -0.3 is 25.8 Å². The Morgan fingerprint density at radius 2 is 2.00 bits per heavy atom. The van der Waals surface area contributed by atoms with Crippen molar-refractivity contribution in [3.8, 4) is 11.1 Å². The molecule has 4 rings (SSSR count). The van der Waals surface area contributed by atoms with E-state index in [-0.39, 0.29) is 23.8 Å². The van der Waals surface area contributed by atoms with Gasteiger partial charge in [0.15, 0.2) is 0 Å². The summed E-state index contributed by atoms with van der Waals surface area (Å²) in [6.45, 7) is 3.41. The number of carbonyl (C=O) groups excluding carboxylic acids is 2. The number of likely N-dealkylation sites (tertiary alicyclic amines) is 1. The molecule has 2 aliphatic rings. The molecule has 0 bridgehead atoms. The predicted octanol–water partition coefficient (Wildman–Crippen LogP) is 4.74. The number of aliphatic hydroxyl groups is 1. The number of aryl methyl sites for hydroxylation is 1. The van der Waals surface area contributed by atoms with Crippen molar-refractivity contribution >= 4 is 12.0 Å². The molecule has 7 nitrogen and oxygen atoms in total. The molecule has 1 saturated heterocycles. The lowest BCUT2D eigenvalue weighted by Crippen LogP contribution is -2.49. The molecule has 2 aromatic rings. The van der Waals surface area contributed by atoms with Crippen LogP contribution in [0.1, 0.15) is 63.0 Å². The molecule has 1 heterocycles. The molecule has 4 N–H and O–H groups in total. The standard InChI is InChI=1S/C31H42FN3O4/c1-3-21-8-4-9-22(18-21)28-26(11-5-12-27(28)32)31(38,15-7-16-34-30(37)39-2)24-10-6-17-35(20-24)29(36)23-13-14-25(33)19-23/h4-5,8-9,11-12,18,23-25,38H,3,6-7,10,13-17,19-20,33H2,1-2H3,(H,34,37). The minimum absolute atomic E-state index is 0.0625. The molecule has 2 fully saturated rings. The van der Waals surface area contributed by atoms with Crippen LogP contribution in [0.4, 0.5) is 9.18 Å². The number of hydrogen-bond donors (Lipinski definition) is 3. The Kier molecular flexibility index (Phi) is 9.62. The Balaban J connectivity index is 1.69. The first-order valence-electron chi connectivity index (χ1n) is 14.2. The zero-order valence-electron chi connectivity index (χ0n) is 23.1. The number of hydrogen-bond acceptors (Lipinski definition) is 5. The van der Waals surface area contributed by atoms with Gasteiger partial charge in [-0.2, -0.15) is 0 Å². The van der Waals surface area contributed by atoms with Crippen molar-refractivity contribution in [2.45, 2.75) is 69.9 Å². The van der Waals surface area contributed by atoms with Crippen molar-refractivity contribution < 1.29 is 23.8 Å². The fraction of sp³-hybridized carbons (Fsp3) is 0.548. The SMILES string of the molecule is CCc1cccc(-c2c(F)cccc2C(O)(CCCNC(=O)OC)C2CCCN(C(=O)C3CCC(N)C3)C2)c1. The molecule has 39 heavy (non-hydrogen) atoms. The topological polar surface area (TPSA) is 105 Å². The van der Waals surface area contributed by atoms with Crippen LogP contribution >= 0.6 is 0 Å². The van der Waals surface area contributed by atoms with E-state index in [1.807, 2.05) is 35.2 Å². The lowest BCUT2D eigenvalue weighted by Gasteiger charge is -2.44. The number of ether oxygens (including phenoxy) is 1. The van der Waals surface area contributed by atoms with Crippen LogP contribution in [0.5, 0.6) is 0 Å². The van der Waals surface area contributed by atoms with E-state index in [2.05, 4.69) is 17.0 Å². The smallest absolute Gasteiger partial charge is 0.406 e. The Labute approximate surface area is 230 Å². The van der Waals surface area contributed by atoms with Crippen molar-refractivity contribution in [2.75, 3.05) is 26.7 Å². The quantitative estimate of drug-likeness (QED) is 0.399. The number of nitrogens with zero attached hydrogens (tertiary/aromatic N) is 1. The van der Waals surface area contributed by atoms with Gasteiger partial charge in [0, 0.05) is 43.1 Å². The second kappa shape index (κ2) is 12.9. The molecule has 2 aromatic carbocycles. The highest BCUT2D eigenvalue weighted by molar-refractivity contribution is 5.79. The van der Waals surface area contributed by atoms with Gasteiger partial charge in [0.1, 0.15) is 5.82 Å². The fourth-order valence-electron chi connectivity index (χ4n) is 6.37. The van der Waals surface area contributed by atoms with Crippen molar-refractivity contribution in [3.05, 3.63) is 59.4 Å². The molecule has 0 spiro atoms. The number of methoxy groups -OCH3 is 1.